The third kappa shape index (κ3) is 4.76. The molecule has 2 aromatic carbocycles. The standard InChI is InChI=1S/C25H21ClN4O2S.CH4/c1-30-14-29-20-11-17(4-6-21(20)30)32-13-24-19(26)12-23(33-24)22(31)7-3-15-2-5-18-16(10-15)8-9-28-25(18)27;/h2,4-6,8-12,14H,3,7,13H2,1H3,(H2,27,28);1H4. The van der Waals surface area contributed by atoms with Gasteiger partial charge in [-0.05, 0) is 41.6 Å². The van der Waals surface area contributed by atoms with Crippen molar-refractivity contribution >= 4 is 56.3 Å². The summed E-state index contributed by atoms with van der Waals surface area (Å²) >= 11 is 7.78. The minimum atomic E-state index is 0. The summed E-state index contributed by atoms with van der Waals surface area (Å²) in [4.78, 5) is 22.7. The fourth-order valence-electron chi connectivity index (χ4n) is 3.78. The molecule has 5 aromatic rings. The lowest BCUT2D eigenvalue weighted by atomic mass is 10.0. The zero-order valence-electron chi connectivity index (χ0n) is 17.9. The van der Waals surface area contributed by atoms with Gasteiger partial charge in [0.05, 0.1) is 32.1 Å². The third-order valence-corrected chi connectivity index (χ3v) is 7.20. The van der Waals surface area contributed by atoms with Crippen molar-refractivity contribution in [3.05, 3.63) is 81.4 Å². The lowest BCUT2D eigenvalue weighted by Gasteiger charge is -2.05. The number of nitrogens with zero attached hydrogens (tertiary/aromatic N) is 3. The Bertz CT molecular complexity index is 1490. The summed E-state index contributed by atoms with van der Waals surface area (Å²) in [6.45, 7) is 0.301. The van der Waals surface area contributed by atoms with Gasteiger partial charge in [-0.15, -0.1) is 11.3 Å². The van der Waals surface area contributed by atoms with E-state index in [1.165, 1.54) is 11.3 Å². The molecule has 174 valence electrons. The molecule has 0 saturated heterocycles. The number of ketones is 1. The lowest BCUT2D eigenvalue weighted by Crippen LogP contribution is -1.99. The number of carbonyl (C=O) groups is 1. The molecule has 2 N–H and O–H groups in total. The highest BCUT2D eigenvalue weighted by molar-refractivity contribution is 7.14. The molecular formula is C26H25ClN4O2S. The van der Waals surface area contributed by atoms with Crippen molar-refractivity contribution in [3.8, 4) is 5.75 Å². The molecule has 3 heterocycles. The highest BCUT2D eigenvalue weighted by Gasteiger charge is 2.15. The Morgan fingerprint density at radius 3 is 2.85 bits per heavy atom. The monoisotopic (exact) mass is 492 g/mol. The summed E-state index contributed by atoms with van der Waals surface area (Å²) in [5.74, 6) is 1.29. The maximum absolute atomic E-state index is 12.8. The first-order valence-electron chi connectivity index (χ1n) is 10.5. The summed E-state index contributed by atoms with van der Waals surface area (Å²) < 4.78 is 7.87. The van der Waals surface area contributed by atoms with Gasteiger partial charge in [0, 0.05) is 31.1 Å². The van der Waals surface area contributed by atoms with Crippen molar-refractivity contribution in [1.29, 1.82) is 0 Å². The zero-order valence-corrected chi connectivity index (χ0v) is 19.5. The molecule has 6 nitrogen and oxygen atoms in total. The van der Waals surface area contributed by atoms with Crippen LogP contribution < -0.4 is 10.5 Å². The molecule has 0 radical (unpaired) electrons. The molecule has 0 saturated carbocycles. The van der Waals surface area contributed by atoms with Crippen molar-refractivity contribution in [1.82, 2.24) is 14.5 Å². The minimum absolute atomic E-state index is 0. The fourth-order valence-corrected chi connectivity index (χ4v) is 5.06. The van der Waals surface area contributed by atoms with Crippen LogP contribution in [0.5, 0.6) is 5.75 Å². The van der Waals surface area contributed by atoms with Gasteiger partial charge >= 0.3 is 0 Å². The molecule has 0 aliphatic rings. The van der Waals surface area contributed by atoms with Crippen LogP contribution in [0.25, 0.3) is 21.8 Å². The van der Waals surface area contributed by atoms with E-state index in [0.29, 0.717) is 40.9 Å². The van der Waals surface area contributed by atoms with Crippen molar-refractivity contribution in [2.45, 2.75) is 26.9 Å². The number of halogens is 1. The van der Waals surface area contributed by atoms with E-state index in [1.807, 2.05) is 48.0 Å². The zero-order chi connectivity index (χ0) is 22.9. The fraction of sp³-hybridized carbons (Fsp3) is 0.192. The smallest absolute Gasteiger partial charge is 0.173 e. The average molecular weight is 493 g/mol. The number of nitrogens with two attached hydrogens (primary N) is 1. The average Bonchev–Trinajstić information content (AvgIpc) is 3.38. The van der Waals surface area contributed by atoms with Crippen molar-refractivity contribution in [3.63, 3.8) is 0 Å². The maximum Gasteiger partial charge on any atom is 0.173 e. The van der Waals surface area contributed by atoms with Crippen LogP contribution in [0.3, 0.4) is 0 Å². The van der Waals surface area contributed by atoms with Crippen LogP contribution in [0.15, 0.2) is 61.1 Å². The Morgan fingerprint density at radius 1 is 1.15 bits per heavy atom. The van der Waals surface area contributed by atoms with Crippen LogP contribution in [0, 0.1) is 0 Å². The molecule has 3 aromatic heterocycles. The van der Waals surface area contributed by atoms with E-state index in [2.05, 4.69) is 16.0 Å². The van der Waals surface area contributed by atoms with Gasteiger partial charge in [0.15, 0.2) is 5.78 Å². The van der Waals surface area contributed by atoms with Gasteiger partial charge in [-0.1, -0.05) is 37.2 Å². The first-order valence-corrected chi connectivity index (χ1v) is 11.7. The first kappa shape index (κ1) is 23.7. The number of anilines is 1. The third-order valence-electron chi connectivity index (χ3n) is 5.60. The van der Waals surface area contributed by atoms with E-state index in [0.717, 1.165) is 32.2 Å². The Morgan fingerprint density at radius 2 is 2.00 bits per heavy atom. The Hall–Kier alpha value is -3.42. The number of carbonyl (C=O) groups excluding carboxylic acids is 1. The van der Waals surface area contributed by atoms with Gasteiger partial charge in [-0.3, -0.25) is 4.79 Å². The molecule has 0 amide bonds. The number of hydrogen-bond donors (Lipinski definition) is 1. The maximum atomic E-state index is 12.8. The van der Waals surface area contributed by atoms with E-state index >= 15 is 0 Å². The van der Waals surface area contributed by atoms with E-state index in [9.17, 15) is 4.79 Å². The largest absolute Gasteiger partial charge is 0.488 e. The number of ether oxygens (including phenoxy) is 1. The number of Topliss-reactive ketones (excluding diaryl/α,β-unsaturated/α-hetero) is 1. The summed E-state index contributed by atoms with van der Waals surface area (Å²) in [6.07, 6.45) is 4.51. The number of benzene rings is 2. The molecule has 8 heteroatoms. The topological polar surface area (TPSA) is 83.0 Å². The van der Waals surface area contributed by atoms with E-state index < -0.39 is 0 Å². The van der Waals surface area contributed by atoms with Crippen LogP contribution in [0.4, 0.5) is 5.82 Å². The number of pyridine rings is 1. The molecule has 0 atom stereocenters. The number of nitrogen functional groups attached to an aromatic ring is 1. The molecule has 0 aliphatic heterocycles. The van der Waals surface area contributed by atoms with Gasteiger partial charge in [0.25, 0.3) is 0 Å². The number of imidazole rings is 1. The van der Waals surface area contributed by atoms with E-state index in [4.69, 9.17) is 22.1 Å². The van der Waals surface area contributed by atoms with Gasteiger partial charge in [0.1, 0.15) is 18.2 Å². The second kappa shape index (κ2) is 9.83. The normalized spacial score (nSPS) is 11.0. The summed E-state index contributed by atoms with van der Waals surface area (Å²) in [6, 6.07) is 15.4. The highest BCUT2D eigenvalue weighted by atomic mass is 35.5. The summed E-state index contributed by atoms with van der Waals surface area (Å²) in [7, 11) is 1.95. The van der Waals surface area contributed by atoms with Gasteiger partial charge in [0.2, 0.25) is 0 Å². The SMILES string of the molecule is C.Cn1cnc2cc(OCc3sc(C(=O)CCc4ccc5c(N)nccc5c4)cc3Cl)ccc21. The molecule has 0 fully saturated rings. The van der Waals surface area contributed by atoms with E-state index in [-0.39, 0.29) is 13.2 Å². The number of aromatic nitrogens is 3. The predicted molar refractivity (Wildman–Crippen MR) is 140 cm³/mol. The molecule has 0 unspecified atom stereocenters. The first-order chi connectivity index (χ1) is 16.0. The Labute approximate surface area is 207 Å². The molecule has 0 bridgehead atoms. The minimum Gasteiger partial charge on any atom is -0.488 e. The Balaban J connectivity index is 0.00000274. The van der Waals surface area contributed by atoms with Crippen LogP contribution >= 0.6 is 22.9 Å². The van der Waals surface area contributed by atoms with Crippen molar-refractivity contribution in [2.24, 2.45) is 7.05 Å². The molecule has 5 rings (SSSR count). The molecular weight excluding hydrogens is 468 g/mol. The van der Waals surface area contributed by atoms with Gasteiger partial charge in [-0.2, -0.15) is 0 Å². The highest BCUT2D eigenvalue weighted by Crippen LogP contribution is 2.30. The number of fused-ring (bicyclic) bond motifs is 2. The Kier molecular flexibility index (Phi) is 6.86. The van der Waals surface area contributed by atoms with Gasteiger partial charge < -0.3 is 15.0 Å². The molecule has 34 heavy (non-hydrogen) atoms. The summed E-state index contributed by atoms with van der Waals surface area (Å²) in [5, 5.41) is 2.50. The lowest BCUT2D eigenvalue weighted by molar-refractivity contribution is 0.0986. The summed E-state index contributed by atoms with van der Waals surface area (Å²) in [5.41, 5.74) is 8.91. The molecule has 0 spiro atoms. The number of thiophene rings is 1. The van der Waals surface area contributed by atoms with Crippen LogP contribution in [-0.2, 0) is 20.1 Å². The second-order valence-electron chi connectivity index (χ2n) is 7.85. The van der Waals surface area contributed by atoms with Crippen LogP contribution in [-0.4, -0.2) is 20.3 Å². The van der Waals surface area contributed by atoms with E-state index in [1.54, 1.807) is 18.6 Å². The number of aryl methyl sites for hydroxylation is 2. The van der Waals surface area contributed by atoms with Crippen molar-refractivity contribution < 1.29 is 9.53 Å². The second-order valence-corrected chi connectivity index (χ2v) is 9.40. The molecule has 0 aliphatic carbocycles. The number of hydrogen-bond acceptors (Lipinski definition) is 6. The number of rotatable bonds is 7. The van der Waals surface area contributed by atoms with Crippen LogP contribution in [0.1, 0.15) is 34.0 Å². The van der Waals surface area contributed by atoms with Crippen LogP contribution in [0.2, 0.25) is 5.02 Å². The van der Waals surface area contributed by atoms with Crippen molar-refractivity contribution in [2.75, 3.05) is 5.73 Å². The predicted octanol–water partition coefficient (Wildman–Crippen LogP) is 6.45. The van der Waals surface area contributed by atoms with Gasteiger partial charge in [-0.25, -0.2) is 9.97 Å². The quantitative estimate of drug-likeness (QED) is 0.264.